The Morgan fingerprint density at radius 1 is 1.00 bits per heavy atom. The average molecular weight is 303 g/mol. The Morgan fingerprint density at radius 3 is 2.05 bits per heavy atom. The normalized spacial score (nSPS) is 17.9. The molecule has 2 fully saturated rings. The van der Waals surface area contributed by atoms with Gasteiger partial charge < -0.3 is 19.9 Å². The first-order chi connectivity index (χ1) is 10.8. The number of nitrogens with zero attached hydrogens (tertiary/aromatic N) is 2. The molecule has 0 atom stereocenters. The molecule has 0 aliphatic carbocycles. The number of benzene rings is 1. The van der Waals surface area contributed by atoms with Crippen molar-refractivity contribution in [1.29, 1.82) is 0 Å². The van der Waals surface area contributed by atoms with Gasteiger partial charge in [0.2, 0.25) is 0 Å². The predicted octanol–water partition coefficient (Wildman–Crippen LogP) is 2.26. The molecule has 1 N–H and O–H groups in total. The number of rotatable bonds is 4. The molecule has 0 spiro atoms. The maximum absolute atomic E-state index is 12.4. The van der Waals surface area contributed by atoms with E-state index in [-0.39, 0.29) is 5.91 Å². The molecule has 5 heteroatoms. The smallest absolute Gasteiger partial charge is 0.253 e. The van der Waals surface area contributed by atoms with Crippen molar-refractivity contribution in [3.05, 3.63) is 17.7 Å². The molecule has 0 unspecified atom stereocenters. The molecule has 22 heavy (non-hydrogen) atoms. The summed E-state index contributed by atoms with van der Waals surface area (Å²) < 4.78 is 5.63. The molecular weight excluding hydrogens is 278 g/mol. The van der Waals surface area contributed by atoms with E-state index in [1.54, 1.807) is 14.2 Å². The summed E-state index contributed by atoms with van der Waals surface area (Å²) in [4.78, 5) is 17.1. The first kappa shape index (κ1) is 15.0. The summed E-state index contributed by atoms with van der Waals surface area (Å²) in [7, 11) is 3.40. The Bertz CT molecular complexity index is 547. The fourth-order valence-electron chi connectivity index (χ4n) is 3.55. The van der Waals surface area contributed by atoms with Gasteiger partial charge in [0, 0.05) is 33.2 Å². The van der Waals surface area contributed by atoms with E-state index >= 15 is 0 Å². The number of ether oxygens (including phenoxy) is 1. The van der Waals surface area contributed by atoms with Gasteiger partial charge in [0.1, 0.15) is 11.4 Å². The van der Waals surface area contributed by atoms with E-state index in [9.17, 15) is 4.79 Å². The summed E-state index contributed by atoms with van der Waals surface area (Å²) in [5.74, 6) is 0.849. The number of methoxy groups -OCH3 is 1. The maximum Gasteiger partial charge on any atom is 0.253 e. The third-order valence-electron chi connectivity index (χ3n) is 4.65. The van der Waals surface area contributed by atoms with Crippen LogP contribution in [0.3, 0.4) is 0 Å². The van der Waals surface area contributed by atoms with Gasteiger partial charge in [-0.25, -0.2) is 0 Å². The van der Waals surface area contributed by atoms with Gasteiger partial charge in [-0.05, 0) is 37.8 Å². The molecule has 3 rings (SSSR count). The second-order valence-electron chi connectivity index (χ2n) is 5.98. The molecule has 2 aliphatic rings. The fraction of sp³-hybridized carbons (Fsp3) is 0.588. The number of nitrogens with one attached hydrogen (secondary N) is 1. The van der Waals surface area contributed by atoms with Crippen molar-refractivity contribution in [1.82, 2.24) is 5.32 Å². The topological polar surface area (TPSA) is 44.8 Å². The van der Waals surface area contributed by atoms with Gasteiger partial charge in [-0.3, -0.25) is 4.79 Å². The Balaban J connectivity index is 2.15. The number of carbonyl (C=O) groups is 1. The van der Waals surface area contributed by atoms with Crippen molar-refractivity contribution in [2.24, 2.45) is 0 Å². The van der Waals surface area contributed by atoms with Gasteiger partial charge in [0.15, 0.2) is 0 Å². The highest BCUT2D eigenvalue weighted by Gasteiger charge is 2.29. The van der Waals surface area contributed by atoms with Gasteiger partial charge in [-0.15, -0.1) is 0 Å². The summed E-state index contributed by atoms with van der Waals surface area (Å²) in [5, 5.41) is 2.78. The van der Waals surface area contributed by atoms with Gasteiger partial charge in [0.25, 0.3) is 5.91 Å². The molecule has 0 bridgehead atoms. The van der Waals surface area contributed by atoms with Crippen molar-refractivity contribution >= 4 is 17.3 Å². The molecule has 2 heterocycles. The molecule has 0 aromatic heterocycles. The van der Waals surface area contributed by atoms with Crippen LogP contribution in [0.15, 0.2) is 12.1 Å². The van der Waals surface area contributed by atoms with Gasteiger partial charge >= 0.3 is 0 Å². The van der Waals surface area contributed by atoms with E-state index in [0.717, 1.165) is 48.9 Å². The van der Waals surface area contributed by atoms with Gasteiger partial charge in [-0.2, -0.15) is 0 Å². The van der Waals surface area contributed by atoms with Crippen LogP contribution >= 0.6 is 0 Å². The largest absolute Gasteiger partial charge is 0.495 e. The van der Waals surface area contributed by atoms with Crippen molar-refractivity contribution in [3.8, 4) is 5.75 Å². The van der Waals surface area contributed by atoms with Crippen molar-refractivity contribution in [2.45, 2.75) is 25.7 Å². The highest BCUT2D eigenvalue weighted by atomic mass is 16.5. The van der Waals surface area contributed by atoms with Crippen LogP contribution in [0.1, 0.15) is 36.0 Å². The van der Waals surface area contributed by atoms with Crippen LogP contribution in [0.2, 0.25) is 0 Å². The molecule has 1 aromatic rings. The lowest BCUT2D eigenvalue weighted by molar-refractivity contribution is 0.0963. The Morgan fingerprint density at radius 2 is 1.55 bits per heavy atom. The van der Waals surface area contributed by atoms with Crippen molar-refractivity contribution in [2.75, 3.05) is 50.1 Å². The summed E-state index contributed by atoms with van der Waals surface area (Å²) >= 11 is 0. The number of carbonyl (C=O) groups excluding carboxylic acids is 1. The number of hydrogen-bond donors (Lipinski definition) is 1. The minimum absolute atomic E-state index is 0.0231. The second kappa shape index (κ2) is 6.46. The van der Waals surface area contributed by atoms with E-state index in [1.807, 2.05) is 12.1 Å². The predicted molar refractivity (Wildman–Crippen MR) is 89.3 cm³/mol. The first-order valence-electron chi connectivity index (χ1n) is 8.19. The zero-order valence-corrected chi connectivity index (χ0v) is 13.5. The molecule has 2 saturated heterocycles. The number of anilines is 2. The van der Waals surface area contributed by atoms with Crippen molar-refractivity contribution < 1.29 is 9.53 Å². The SMILES string of the molecule is CNC(=O)c1ccc(OC)c(N2CCCC2)c1N1CCCC1. The Labute approximate surface area is 132 Å². The molecule has 2 aliphatic heterocycles. The summed E-state index contributed by atoms with van der Waals surface area (Å²) in [6.07, 6.45) is 4.77. The average Bonchev–Trinajstić information content (AvgIpc) is 3.25. The van der Waals surface area contributed by atoms with Crippen LogP contribution in [-0.4, -0.2) is 46.2 Å². The molecule has 120 valence electrons. The van der Waals surface area contributed by atoms with Gasteiger partial charge in [0.05, 0.1) is 18.4 Å². The highest BCUT2D eigenvalue weighted by Crippen LogP contribution is 2.43. The number of amides is 1. The molecule has 1 aromatic carbocycles. The second-order valence-corrected chi connectivity index (χ2v) is 5.98. The van der Waals surface area contributed by atoms with Crippen LogP contribution < -0.4 is 19.9 Å². The van der Waals surface area contributed by atoms with Crippen LogP contribution in [0, 0.1) is 0 Å². The lowest BCUT2D eigenvalue weighted by Gasteiger charge is -2.30. The van der Waals surface area contributed by atoms with Crippen LogP contribution in [0.4, 0.5) is 11.4 Å². The van der Waals surface area contributed by atoms with Crippen LogP contribution in [0.5, 0.6) is 5.75 Å². The molecule has 0 saturated carbocycles. The summed E-state index contributed by atoms with van der Waals surface area (Å²) in [5.41, 5.74) is 2.91. The Hall–Kier alpha value is -1.91. The first-order valence-corrected chi connectivity index (χ1v) is 8.19. The van der Waals surface area contributed by atoms with Gasteiger partial charge in [-0.1, -0.05) is 0 Å². The van der Waals surface area contributed by atoms with E-state index in [0.29, 0.717) is 0 Å². The fourth-order valence-corrected chi connectivity index (χ4v) is 3.55. The van der Waals surface area contributed by atoms with Crippen LogP contribution in [0.25, 0.3) is 0 Å². The molecule has 5 nitrogen and oxygen atoms in total. The molecular formula is C17H25N3O2. The third-order valence-corrected chi connectivity index (χ3v) is 4.65. The Kier molecular flexibility index (Phi) is 4.41. The summed E-state index contributed by atoms with van der Waals surface area (Å²) in [6, 6.07) is 3.82. The van der Waals surface area contributed by atoms with Crippen LogP contribution in [-0.2, 0) is 0 Å². The maximum atomic E-state index is 12.4. The minimum atomic E-state index is -0.0231. The zero-order chi connectivity index (χ0) is 15.5. The molecule has 1 amide bonds. The van der Waals surface area contributed by atoms with E-state index in [4.69, 9.17) is 4.74 Å². The highest BCUT2D eigenvalue weighted by molar-refractivity contribution is 6.04. The zero-order valence-electron chi connectivity index (χ0n) is 13.5. The standard InChI is InChI=1S/C17H25N3O2/c1-18-17(21)13-7-8-14(22-2)16(20-11-5-6-12-20)15(13)19-9-3-4-10-19/h7-8H,3-6,9-12H2,1-2H3,(H,18,21). The third kappa shape index (κ3) is 2.60. The van der Waals surface area contributed by atoms with E-state index in [1.165, 1.54) is 25.7 Å². The van der Waals surface area contributed by atoms with E-state index in [2.05, 4.69) is 15.1 Å². The molecule has 0 radical (unpaired) electrons. The van der Waals surface area contributed by atoms with Crippen molar-refractivity contribution in [3.63, 3.8) is 0 Å². The lowest BCUT2D eigenvalue weighted by atomic mass is 10.1. The number of hydrogen-bond acceptors (Lipinski definition) is 4. The summed E-state index contributed by atoms with van der Waals surface area (Å²) in [6.45, 7) is 4.10. The quantitative estimate of drug-likeness (QED) is 0.926. The monoisotopic (exact) mass is 303 g/mol. The lowest BCUT2D eigenvalue weighted by Crippen LogP contribution is -2.29. The minimum Gasteiger partial charge on any atom is -0.495 e. The van der Waals surface area contributed by atoms with E-state index < -0.39 is 0 Å².